The van der Waals surface area contributed by atoms with Crippen LogP contribution in [0, 0.1) is 0 Å². The minimum atomic E-state index is -0.161. The lowest BCUT2D eigenvalue weighted by molar-refractivity contribution is 0.417. The van der Waals surface area contributed by atoms with Crippen LogP contribution in [0.2, 0.25) is 0 Å². The third-order valence-electron chi connectivity index (χ3n) is 5.53. The van der Waals surface area contributed by atoms with Crippen LogP contribution < -0.4 is 15.7 Å². The summed E-state index contributed by atoms with van der Waals surface area (Å²) in [4.78, 5) is 22.1. The summed E-state index contributed by atoms with van der Waals surface area (Å²) >= 11 is 0. The van der Waals surface area contributed by atoms with Crippen molar-refractivity contribution >= 4 is 27.6 Å². The molecule has 0 aliphatic rings. The summed E-state index contributed by atoms with van der Waals surface area (Å²) in [6, 6.07) is 5.73. The zero-order valence-corrected chi connectivity index (χ0v) is 17.6. The molecule has 31 heavy (non-hydrogen) atoms. The van der Waals surface area contributed by atoms with Crippen molar-refractivity contribution in [1.29, 1.82) is 0 Å². The van der Waals surface area contributed by atoms with Crippen LogP contribution in [-0.4, -0.2) is 43.0 Å². The first-order valence-electron chi connectivity index (χ1n) is 9.72. The van der Waals surface area contributed by atoms with Gasteiger partial charge in [-0.15, -0.1) is 0 Å². The largest absolute Gasteiger partial charge is 0.496 e. The Hall–Kier alpha value is -4.14. The highest BCUT2D eigenvalue weighted by atomic mass is 16.5. The molecule has 156 valence electrons. The van der Waals surface area contributed by atoms with Gasteiger partial charge in [0.2, 0.25) is 0 Å². The monoisotopic (exact) mass is 415 g/mol. The Morgan fingerprint density at radius 1 is 1.13 bits per heavy atom. The van der Waals surface area contributed by atoms with E-state index in [1.165, 1.54) is 0 Å². The number of rotatable bonds is 4. The maximum absolute atomic E-state index is 13.3. The molecule has 0 spiro atoms. The molecule has 0 bridgehead atoms. The van der Waals surface area contributed by atoms with E-state index in [-0.39, 0.29) is 5.69 Å². The molecule has 0 radical (unpaired) electrons. The SMILES string of the molecule is CNc1cnccc1-n1c(=O)n(C)c2cnc3cc(OC)c(-c4cnn(C)c4)cc3c21. The molecule has 5 aromatic rings. The summed E-state index contributed by atoms with van der Waals surface area (Å²) in [5, 5.41) is 8.25. The number of anilines is 1. The van der Waals surface area contributed by atoms with E-state index in [2.05, 4.69) is 20.4 Å². The van der Waals surface area contributed by atoms with Gasteiger partial charge in [-0.3, -0.25) is 23.8 Å². The second kappa shape index (κ2) is 6.98. The van der Waals surface area contributed by atoms with Gasteiger partial charge in [0.05, 0.1) is 53.6 Å². The van der Waals surface area contributed by atoms with Crippen LogP contribution in [0.15, 0.2) is 54.0 Å². The normalized spacial score (nSPS) is 11.4. The van der Waals surface area contributed by atoms with Crippen molar-refractivity contribution in [1.82, 2.24) is 28.9 Å². The number of nitrogens with one attached hydrogen (secondary N) is 1. The van der Waals surface area contributed by atoms with Crippen molar-refractivity contribution in [3.05, 3.63) is 59.7 Å². The quantitative estimate of drug-likeness (QED) is 0.485. The molecule has 0 unspecified atom stereocenters. The van der Waals surface area contributed by atoms with E-state index in [1.54, 1.807) is 52.8 Å². The summed E-state index contributed by atoms with van der Waals surface area (Å²) in [5.74, 6) is 0.692. The summed E-state index contributed by atoms with van der Waals surface area (Å²) in [5.41, 5.74) is 5.35. The third kappa shape index (κ3) is 2.77. The van der Waals surface area contributed by atoms with Crippen molar-refractivity contribution in [2.75, 3.05) is 19.5 Å². The van der Waals surface area contributed by atoms with Crippen LogP contribution in [0.3, 0.4) is 0 Å². The van der Waals surface area contributed by atoms with Gasteiger partial charge in [0.15, 0.2) is 0 Å². The molecule has 0 aliphatic heterocycles. The Bertz CT molecular complexity index is 1510. The number of fused-ring (bicyclic) bond motifs is 3. The average molecular weight is 415 g/mol. The Morgan fingerprint density at radius 2 is 1.97 bits per heavy atom. The number of aryl methyl sites for hydroxylation is 2. The summed E-state index contributed by atoms with van der Waals surface area (Å²) in [7, 11) is 7.06. The van der Waals surface area contributed by atoms with Gasteiger partial charge in [-0.05, 0) is 12.1 Å². The zero-order chi connectivity index (χ0) is 21.7. The number of pyridine rings is 2. The minimum Gasteiger partial charge on any atom is -0.496 e. The van der Waals surface area contributed by atoms with Gasteiger partial charge in [0.1, 0.15) is 5.75 Å². The van der Waals surface area contributed by atoms with Crippen molar-refractivity contribution < 1.29 is 4.74 Å². The molecule has 0 aliphatic carbocycles. The molecule has 0 atom stereocenters. The van der Waals surface area contributed by atoms with Crippen LogP contribution in [0.5, 0.6) is 5.75 Å². The predicted molar refractivity (Wildman–Crippen MR) is 120 cm³/mol. The molecule has 5 rings (SSSR count). The number of hydrogen-bond donors (Lipinski definition) is 1. The molecule has 1 N–H and O–H groups in total. The zero-order valence-electron chi connectivity index (χ0n) is 17.6. The molecular weight excluding hydrogens is 394 g/mol. The lowest BCUT2D eigenvalue weighted by Crippen LogP contribution is -2.21. The first-order chi connectivity index (χ1) is 15.0. The molecule has 9 heteroatoms. The molecule has 9 nitrogen and oxygen atoms in total. The molecule has 0 saturated heterocycles. The van der Waals surface area contributed by atoms with E-state index in [0.717, 1.165) is 44.4 Å². The highest BCUT2D eigenvalue weighted by Crippen LogP contribution is 2.36. The van der Waals surface area contributed by atoms with Gasteiger partial charge >= 0.3 is 5.69 Å². The number of hydrogen-bond acceptors (Lipinski definition) is 6. The van der Waals surface area contributed by atoms with Crippen LogP contribution in [-0.2, 0) is 14.1 Å². The fourth-order valence-corrected chi connectivity index (χ4v) is 3.98. The van der Waals surface area contributed by atoms with Gasteiger partial charge in [-0.2, -0.15) is 5.10 Å². The minimum absolute atomic E-state index is 0.161. The average Bonchev–Trinajstić information content (AvgIpc) is 3.34. The summed E-state index contributed by atoms with van der Waals surface area (Å²) in [6.45, 7) is 0. The van der Waals surface area contributed by atoms with Crippen LogP contribution in [0.25, 0.3) is 38.8 Å². The van der Waals surface area contributed by atoms with E-state index >= 15 is 0 Å². The number of nitrogens with zero attached hydrogens (tertiary/aromatic N) is 6. The van der Waals surface area contributed by atoms with Gasteiger partial charge < -0.3 is 10.1 Å². The van der Waals surface area contributed by atoms with Crippen LogP contribution in [0.4, 0.5) is 5.69 Å². The number of ether oxygens (including phenoxy) is 1. The van der Waals surface area contributed by atoms with E-state index in [9.17, 15) is 4.79 Å². The summed E-state index contributed by atoms with van der Waals surface area (Å²) < 4.78 is 10.7. The van der Waals surface area contributed by atoms with E-state index in [0.29, 0.717) is 5.75 Å². The number of imidazole rings is 1. The Morgan fingerprint density at radius 3 is 2.68 bits per heavy atom. The molecular formula is C22H21N7O2. The van der Waals surface area contributed by atoms with Gasteiger partial charge in [-0.1, -0.05) is 0 Å². The van der Waals surface area contributed by atoms with E-state index < -0.39 is 0 Å². The van der Waals surface area contributed by atoms with Crippen molar-refractivity contribution in [3.8, 4) is 22.6 Å². The van der Waals surface area contributed by atoms with Gasteiger partial charge in [0.25, 0.3) is 0 Å². The van der Waals surface area contributed by atoms with E-state index in [4.69, 9.17) is 4.74 Å². The fraction of sp³-hybridized carbons (Fsp3) is 0.182. The Kier molecular flexibility index (Phi) is 4.25. The number of benzene rings is 1. The number of methoxy groups -OCH3 is 1. The molecule has 4 heterocycles. The first kappa shape index (κ1) is 18.9. The third-order valence-corrected chi connectivity index (χ3v) is 5.53. The van der Waals surface area contributed by atoms with Crippen molar-refractivity contribution in [2.24, 2.45) is 14.1 Å². The van der Waals surface area contributed by atoms with Crippen LogP contribution in [0.1, 0.15) is 0 Å². The maximum Gasteiger partial charge on any atom is 0.333 e. The molecule has 4 aromatic heterocycles. The van der Waals surface area contributed by atoms with Crippen molar-refractivity contribution in [2.45, 2.75) is 0 Å². The molecule has 0 fully saturated rings. The summed E-state index contributed by atoms with van der Waals surface area (Å²) in [6.07, 6.45) is 8.82. The molecule has 0 amide bonds. The topological polar surface area (TPSA) is 91.8 Å². The lowest BCUT2D eigenvalue weighted by atomic mass is 10.0. The first-order valence-corrected chi connectivity index (χ1v) is 9.72. The molecule has 1 aromatic carbocycles. The second-order valence-corrected chi connectivity index (χ2v) is 7.28. The maximum atomic E-state index is 13.3. The predicted octanol–water partition coefficient (Wildman–Crippen LogP) is 2.72. The van der Waals surface area contributed by atoms with Crippen LogP contribution >= 0.6 is 0 Å². The van der Waals surface area contributed by atoms with Gasteiger partial charge in [-0.25, -0.2) is 4.79 Å². The molecule has 0 saturated carbocycles. The van der Waals surface area contributed by atoms with E-state index in [1.807, 2.05) is 38.5 Å². The lowest BCUT2D eigenvalue weighted by Gasteiger charge is -2.12. The van der Waals surface area contributed by atoms with Crippen molar-refractivity contribution in [3.63, 3.8) is 0 Å². The highest BCUT2D eigenvalue weighted by molar-refractivity contribution is 6.06. The second-order valence-electron chi connectivity index (χ2n) is 7.28. The Balaban J connectivity index is 1.94. The standard InChI is InChI=1S/C22H21N7O2/c1-23-17-10-24-6-5-18(17)29-21-15-7-14(13-9-26-27(2)12-13)20(31-4)8-16(15)25-11-19(21)28(3)22(29)30/h5-12,23H,1-4H3. The smallest absolute Gasteiger partial charge is 0.333 e. The highest BCUT2D eigenvalue weighted by Gasteiger charge is 2.20. The number of aromatic nitrogens is 6. The Labute approximate surface area is 177 Å². The van der Waals surface area contributed by atoms with Gasteiger partial charge in [0, 0.05) is 56.1 Å². The fourth-order valence-electron chi connectivity index (χ4n) is 3.98.